The Morgan fingerprint density at radius 2 is 1.80 bits per heavy atom. The van der Waals surface area contributed by atoms with Crippen LogP contribution in [0.25, 0.3) is 0 Å². The Labute approximate surface area is 93.6 Å². The molecule has 15 heavy (non-hydrogen) atoms. The van der Waals surface area contributed by atoms with Crippen LogP contribution >= 0.6 is 0 Å². The van der Waals surface area contributed by atoms with Gasteiger partial charge in [-0.05, 0) is 18.3 Å². The Morgan fingerprint density at radius 3 is 2.33 bits per heavy atom. The van der Waals surface area contributed by atoms with Crippen molar-refractivity contribution in [1.82, 2.24) is 5.32 Å². The van der Waals surface area contributed by atoms with Crippen LogP contribution in [-0.2, 0) is 9.53 Å². The third-order valence-electron chi connectivity index (χ3n) is 2.00. The summed E-state index contributed by atoms with van der Waals surface area (Å²) in [6.45, 7) is 10.5. The Hall–Kier alpha value is -0.570. The number of hydrogen-bond donors (Lipinski definition) is 1. The summed E-state index contributed by atoms with van der Waals surface area (Å²) in [6, 6.07) is 0. The van der Waals surface area contributed by atoms with Gasteiger partial charge in [0.15, 0.2) is 0 Å². The van der Waals surface area contributed by atoms with Crippen molar-refractivity contribution in [2.45, 2.75) is 40.5 Å². The molecule has 1 amide bonds. The number of amides is 1. The predicted molar refractivity (Wildman–Crippen MR) is 62.7 cm³/mol. The Bertz CT molecular complexity index is 167. The summed E-state index contributed by atoms with van der Waals surface area (Å²) in [7, 11) is 0. The van der Waals surface area contributed by atoms with Crippen LogP contribution in [0, 0.1) is 11.8 Å². The zero-order valence-electron chi connectivity index (χ0n) is 10.5. The number of carbonyl (C=O) groups is 1. The largest absolute Gasteiger partial charge is 0.380 e. The summed E-state index contributed by atoms with van der Waals surface area (Å²) < 4.78 is 5.39. The number of rotatable bonds is 8. The topological polar surface area (TPSA) is 38.3 Å². The molecule has 3 nitrogen and oxygen atoms in total. The summed E-state index contributed by atoms with van der Waals surface area (Å²) in [4.78, 5) is 11.2. The van der Waals surface area contributed by atoms with E-state index in [0.29, 0.717) is 31.4 Å². The van der Waals surface area contributed by atoms with Gasteiger partial charge in [-0.25, -0.2) is 0 Å². The van der Waals surface area contributed by atoms with Crippen molar-refractivity contribution >= 4 is 5.91 Å². The van der Waals surface area contributed by atoms with Crippen LogP contribution in [0.15, 0.2) is 0 Å². The van der Waals surface area contributed by atoms with Crippen molar-refractivity contribution in [2.24, 2.45) is 11.8 Å². The van der Waals surface area contributed by atoms with Crippen LogP contribution in [0.2, 0.25) is 0 Å². The molecule has 0 unspecified atom stereocenters. The van der Waals surface area contributed by atoms with Crippen molar-refractivity contribution in [3.63, 3.8) is 0 Å². The quantitative estimate of drug-likeness (QED) is 0.630. The van der Waals surface area contributed by atoms with Gasteiger partial charge < -0.3 is 10.1 Å². The van der Waals surface area contributed by atoms with E-state index in [4.69, 9.17) is 4.74 Å². The number of hydrogen-bond acceptors (Lipinski definition) is 2. The summed E-state index contributed by atoms with van der Waals surface area (Å²) >= 11 is 0. The van der Waals surface area contributed by atoms with E-state index in [9.17, 15) is 4.79 Å². The molecule has 0 saturated heterocycles. The molecule has 0 spiro atoms. The molecule has 3 heteroatoms. The molecule has 0 heterocycles. The van der Waals surface area contributed by atoms with Gasteiger partial charge in [-0.2, -0.15) is 0 Å². The minimum atomic E-state index is 0.123. The molecule has 0 aromatic heterocycles. The van der Waals surface area contributed by atoms with E-state index in [1.807, 2.05) is 13.8 Å². The van der Waals surface area contributed by atoms with Gasteiger partial charge >= 0.3 is 0 Å². The van der Waals surface area contributed by atoms with Crippen LogP contribution in [0.4, 0.5) is 0 Å². The molecule has 0 aliphatic heterocycles. The summed E-state index contributed by atoms with van der Waals surface area (Å²) in [6.07, 6.45) is 1.69. The molecule has 0 aromatic rings. The molecule has 0 aliphatic carbocycles. The first-order valence-electron chi connectivity index (χ1n) is 5.86. The van der Waals surface area contributed by atoms with E-state index < -0.39 is 0 Å². The van der Waals surface area contributed by atoms with Crippen molar-refractivity contribution in [1.29, 1.82) is 0 Å². The first kappa shape index (κ1) is 14.4. The van der Waals surface area contributed by atoms with E-state index in [-0.39, 0.29) is 5.91 Å². The van der Waals surface area contributed by atoms with Crippen LogP contribution in [-0.4, -0.2) is 25.7 Å². The summed E-state index contributed by atoms with van der Waals surface area (Å²) in [5.74, 6) is 1.23. The molecule has 0 bridgehead atoms. The summed E-state index contributed by atoms with van der Waals surface area (Å²) in [5, 5.41) is 2.84. The van der Waals surface area contributed by atoms with Crippen molar-refractivity contribution in [3.05, 3.63) is 0 Å². The van der Waals surface area contributed by atoms with E-state index in [1.165, 1.54) is 0 Å². The minimum Gasteiger partial charge on any atom is -0.380 e. The molecule has 0 radical (unpaired) electrons. The Kier molecular flexibility index (Phi) is 8.38. The van der Waals surface area contributed by atoms with Gasteiger partial charge in [0.1, 0.15) is 0 Å². The number of carbonyl (C=O) groups excluding carboxylic acids is 1. The smallest absolute Gasteiger partial charge is 0.220 e. The normalized spacial score (nSPS) is 11.1. The second kappa shape index (κ2) is 8.72. The van der Waals surface area contributed by atoms with Crippen LogP contribution in [0.3, 0.4) is 0 Å². The van der Waals surface area contributed by atoms with E-state index in [0.717, 1.165) is 13.0 Å². The van der Waals surface area contributed by atoms with E-state index in [2.05, 4.69) is 19.2 Å². The molecule has 0 fully saturated rings. The third kappa shape index (κ3) is 11.4. The monoisotopic (exact) mass is 215 g/mol. The van der Waals surface area contributed by atoms with Gasteiger partial charge in [0.2, 0.25) is 5.91 Å². The second-order valence-electron chi connectivity index (χ2n) is 4.74. The SMILES string of the molecule is CC(C)CCOCCNC(=O)CC(C)C. The molecule has 0 atom stereocenters. The maximum atomic E-state index is 11.2. The highest BCUT2D eigenvalue weighted by molar-refractivity contribution is 5.75. The second-order valence-corrected chi connectivity index (χ2v) is 4.74. The van der Waals surface area contributed by atoms with E-state index in [1.54, 1.807) is 0 Å². The average molecular weight is 215 g/mol. The zero-order valence-corrected chi connectivity index (χ0v) is 10.5. The van der Waals surface area contributed by atoms with Gasteiger partial charge in [0, 0.05) is 19.6 Å². The van der Waals surface area contributed by atoms with Crippen molar-refractivity contribution < 1.29 is 9.53 Å². The van der Waals surface area contributed by atoms with Crippen LogP contribution < -0.4 is 5.32 Å². The standard InChI is InChI=1S/C12H25NO2/c1-10(2)5-7-15-8-6-13-12(14)9-11(3)4/h10-11H,5-9H2,1-4H3,(H,13,14). The van der Waals surface area contributed by atoms with Crippen molar-refractivity contribution in [2.75, 3.05) is 19.8 Å². The highest BCUT2D eigenvalue weighted by Gasteiger charge is 2.03. The van der Waals surface area contributed by atoms with Gasteiger partial charge in [-0.1, -0.05) is 27.7 Å². The first-order valence-corrected chi connectivity index (χ1v) is 5.86. The van der Waals surface area contributed by atoms with Crippen LogP contribution in [0.5, 0.6) is 0 Å². The molecule has 0 rings (SSSR count). The highest BCUT2D eigenvalue weighted by atomic mass is 16.5. The fraction of sp³-hybridized carbons (Fsp3) is 0.917. The van der Waals surface area contributed by atoms with Crippen molar-refractivity contribution in [3.8, 4) is 0 Å². The lowest BCUT2D eigenvalue weighted by Gasteiger charge is -2.08. The lowest BCUT2D eigenvalue weighted by molar-refractivity contribution is -0.122. The van der Waals surface area contributed by atoms with Gasteiger partial charge in [-0.15, -0.1) is 0 Å². The fourth-order valence-electron chi connectivity index (χ4n) is 1.13. The molecular weight excluding hydrogens is 190 g/mol. The number of ether oxygens (including phenoxy) is 1. The lowest BCUT2D eigenvalue weighted by Crippen LogP contribution is -2.28. The molecule has 90 valence electrons. The van der Waals surface area contributed by atoms with Crippen LogP contribution in [0.1, 0.15) is 40.5 Å². The summed E-state index contributed by atoms with van der Waals surface area (Å²) in [5.41, 5.74) is 0. The fourth-order valence-corrected chi connectivity index (χ4v) is 1.13. The zero-order chi connectivity index (χ0) is 11.7. The highest BCUT2D eigenvalue weighted by Crippen LogP contribution is 1.99. The molecule has 1 N–H and O–H groups in total. The molecule has 0 saturated carbocycles. The maximum absolute atomic E-state index is 11.2. The lowest BCUT2D eigenvalue weighted by atomic mass is 10.1. The predicted octanol–water partition coefficient (Wildman–Crippen LogP) is 2.21. The Balaban J connectivity index is 3.20. The molecule has 0 aliphatic rings. The van der Waals surface area contributed by atoms with Gasteiger partial charge in [0.05, 0.1) is 6.61 Å². The van der Waals surface area contributed by atoms with E-state index >= 15 is 0 Å². The molecule has 0 aromatic carbocycles. The Morgan fingerprint density at radius 1 is 1.13 bits per heavy atom. The first-order chi connectivity index (χ1) is 7.02. The molecular formula is C12H25NO2. The maximum Gasteiger partial charge on any atom is 0.220 e. The third-order valence-corrected chi connectivity index (χ3v) is 2.00. The number of nitrogens with one attached hydrogen (secondary N) is 1. The minimum absolute atomic E-state index is 0.123. The van der Waals surface area contributed by atoms with Gasteiger partial charge in [0.25, 0.3) is 0 Å². The average Bonchev–Trinajstić information content (AvgIpc) is 2.09. The van der Waals surface area contributed by atoms with Gasteiger partial charge in [-0.3, -0.25) is 4.79 Å².